The molecule has 1 nitrogen and oxygen atoms in total. The van der Waals surface area contributed by atoms with Gasteiger partial charge in [0.25, 0.3) is 0 Å². The van der Waals surface area contributed by atoms with Crippen molar-refractivity contribution in [3.8, 4) is 50.2 Å². The fourth-order valence-corrected chi connectivity index (χ4v) is 7.39. The Kier molecular flexibility index (Phi) is 11.5. The van der Waals surface area contributed by atoms with Crippen molar-refractivity contribution in [1.29, 1.82) is 0 Å². The number of aromatic nitrogens is 1. The minimum atomic E-state index is 1.19. The molecule has 0 aliphatic carbocycles. The molecule has 0 unspecified atom stereocenters. The van der Waals surface area contributed by atoms with Crippen molar-refractivity contribution in [3.05, 3.63) is 247 Å². The van der Waals surface area contributed by atoms with Crippen molar-refractivity contribution in [2.75, 3.05) is 0 Å². The van der Waals surface area contributed by atoms with Crippen LogP contribution in [0.4, 0.5) is 0 Å². The summed E-state index contributed by atoms with van der Waals surface area (Å²) in [5.41, 5.74) is 17.6. The quantitative estimate of drug-likeness (QED) is 0.165. The van der Waals surface area contributed by atoms with Crippen molar-refractivity contribution >= 4 is 21.8 Å². The number of rotatable bonds is 5. The molecular formula is C57H47N. The third-order valence-electron chi connectivity index (χ3n) is 10.6. The van der Waals surface area contributed by atoms with E-state index in [9.17, 15) is 0 Å². The van der Waals surface area contributed by atoms with Crippen molar-refractivity contribution in [2.24, 2.45) is 0 Å². The molecule has 0 saturated heterocycles. The van der Waals surface area contributed by atoms with E-state index in [0.717, 1.165) is 0 Å². The Morgan fingerprint density at radius 1 is 0.241 bits per heavy atom. The van der Waals surface area contributed by atoms with Crippen LogP contribution in [-0.4, -0.2) is 4.57 Å². The zero-order valence-corrected chi connectivity index (χ0v) is 33.4. The lowest BCUT2D eigenvalue weighted by Gasteiger charge is -2.09. The van der Waals surface area contributed by atoms with E-state index in [1.54, 1.807) is 0 Å². The highest BCUT2D eigenvalue weighted by atomic mass is 15.0. The van der Waals surface area contributed by atoms with E-state index in [4.69, 9.17) is 0 Å². The van der Waals surface area contributed by atoms with E-state index < -0.39 is 0 Å². The standard InChI is InChI=1S/C31H23N.2C13H12/c1-22-14-16-23(17-15-22)24-8-7-9-25(20-24)26-18-19-31-29(21-26)28-12-5-6-13-30(28)32(31)27-10-3-2-4-11-27;2*1-11-7-9-13(10-8-11)12-5-3-2-4-6-12/h2-21H,1H3;2*2-10H,1H3. The highest BCUT2D eigenvalue weighted by Crippen LogP contribution is 2.36. The summed E-state index contributed by atoms with van der Waals surface area (Å²) in [6.07, 6.45) is 0. The maximum atomic E-state index is 2.36. The summed E-state index contributed by atoms with van der Waals surface area (Å²) >= 11 is 0. The largest absolute Gasteiger partial charge is 0.309 e. The molecule has 0 amide bonds. The molecule has 0 bridgehead atoms. The number of fused-ring (bicyclic) bond motifs is 3. The topological polar surface area (TPSA) is 4.93 Å². The summed E-state index contributed by atoms with van der Waals surface area (Å²) in [6.45, 7) is 6.34. The molecule has 1 aromatic heterocycles. The molecule has 10 aromatic rings. The van der Waals surface area contributed by atoms with E-state index in [1.165, 1.54) is 88.7 Å². The van der Waals surface area contributed by atoms with Crippen LogP contribution in [0.25, 0.3) is 72.0 Å². The molecule has 280 valence electrons. The zero-order valence-electron chi connectivity index (χ0n) is 33.4. The minimum absolute atomic E-state index is 1.19. The van der Waals surface area contributed by atoms with Gasteiger partial charge in [-0.2, -0.15) is 0 Å². The second-order valence-electron chi connectivity index (χ2n) is 14.8. The number of hydrogen-bond acceptors (Lipinski definition) is 0. The Hall–Kier alpha value is -7.22. The normalized spacial score (nSPS) is 10.7. The lowest BCUT2D eigenvalue weighted by atomic mass is 9.97. The van der Waals surface area contributed by atoms with E-state index in [0.29, 0.717) is 0 Å². The Bertz CT molecular complexity index is 2770. The monoisotopic (exact) mass is 745 g/mol. The van der Waals surface area contributed by atoms with Gasteiger partial charge in [0.05, 0.1) is 11.0 Å². The van der Waals surface area contributed by atoms with Gasteiger partial charge in [0.15, 0.2) is 0 Å². The fraction of sp³-hybridized carbons (Fsp3) is 0.0526. The molecule has 0 N–H and O–H groups in total. The second-order valence-corrected chi connectivity index (χ2v) is 14.8. The fourth-order valence-electron chi connectivity index (χ4n) is 7.39. The Morgan fingerprint density at radius 3 is 1.10 bits per heavy atom. The van der Waals surface area contributed by atoms with Crippen molar-refractivity contribution in [1.82, 2.24) is 4.57 Å². The van der Waals surface area contributed by atoms with Gasteiger partial charge in [0, 0.05) is 16.5 Å². The second kappa shape index (κ2) is 17.7. The first-order chi connectivity index (χ1) is 28.5. The molecule has 0 atom stereocenters. The first kappa shape index (κ1) is 37.7. The lowest BCUT2D eigenvalue weighted by Crippen LogP contribution is -1.92. The molecule has 1 heterocycles. The number of para-hydroxylation sites is 2. The van der Waals surface area contributed by atoms with Crippen molar-refractivity contribution in [3.63, 3.8) is 0 Å². The maximum absolute atomic E-state index is 2.36. The summed E-state index contributed by atoms with van der Waals surface area (Å²) in [6, 6.07) is 81.8. The molecule has 0 aliphatic rings. The van der Waals surface area contributed by atoms with Gasteiger partial charge in [0.1, 0.15) is 0 Å². The number of benzene rings is 9. The molecule has 0 fully saturated rings. The van der Waals surface area contributed by atoms with Crippen LogP contribution in [0.5, 0.6) is 0 Å². The van der Waals surface area contributed by atoms with Crippen LogP contribution in [0.1, 0.15) is 16.7 Å². The van der Waals surface area contributed by atoms with Gasteiger partial charge in [0.2, 0.25) is 0 Å². The summed E-state index contributed by atoms with van der Waals surface area (Å²) in [5, 5.41) is 2.56. The number of hydrogen-bond donors (Lipinski definition) is 0. The smallest absolute Gasteiger partial charge is 0.0541 e. The zero-order chi connectivity index (χ0) is 39.7. The summed E-state index contributed by atoms with van der Waals surface area (Å²) in [5.74, 6) is 0. The van der Waals surface area contributed by atoms with E-state index >= 15 is 0 Å². The predicted molar refractivity (Wildman–Crippen MR) is 250 cm³/mol. The third-order valence-corrected chi connectivity index (χ3v) is 10.6. The predicted octanol–water partition coefficient (Wildman–Crippen LogP) is 15.8. The van der Waals surface area contributed by atoms with Crippen LogP contribution >= 0.6 is 0 Å². The third kappa shape index (κ3) is 8.76. The Morgan fingerprint density at radius 2 is 0.586 bits per heavy atom. The van der Waals surface area contributed by atoms with Crippen LogP contribution in [0.3, 0.4) is 0 Å². The molecular weight excluding hydrogens is 699 g/mol. The molecule has 0 spiro atoms. The van der Waals surface area contributed by atoms with Gasteiger partial charge in [-0.15, -0.1) is 0 Å². The first-order valence-electron chi connectivity index (χ1n) is 20.0. The van der Waals surface area contributed by atoms with E-state index in [2.05, 4.69) is 244 Å². The van der Waals surface area contributed by atoms with Crippen molar-refractivity contribution < 1.29 is 0 Å². The van der Waals surface area contributed by atoms with Crippen LogP contribution in [0.2, 0.25) is 0 Å². The van der Waals surface area contributed by atoms with Crippen LogP contribution < -0.4 is 0 Å². The molecule has 0 aliphatic heterocycles. The lowest BCUT2D eigenvalue weighted by molar-refractivity contribution is 1.18. The van der Waals surface area contributed by atoms with Gasteiger partial charge in [-0.1, -0.05) is 211 Å². The number of nitrogens with zero attached hydrogens (tertiary/aromatic N) is 1. The van der Waals surface area contributed by atoms with E-state index in [-0.39, 0.29) is 0 Å². The van der Waals surface area contributed by atoms with E-state index in [1.807, 2.05) is 12.1 Å². The molecule has 9 aromatic carbocycles. The number of aryl methyl sites for hydroxylation is 3. The molecule has 1 heteroatoms. The van der Waals surface area contributed by atoms with Gasteiger partial charge in [-0.05, 0) is 102 Å². The minimum Gasteiger partial charge on any atom is -0.309 e. The van der Waals surface area contributed by atoms with Gasteiger partial charge in [-0.25, -0.2) is 0 Å². The van der Waals surface area contributed by atoms with Crippen molar-refractivity contribution in [2.45, 2.75) is 20.8 Å². The average Bonchev–Trinajstić information content (AvgIpc) is 3.62. The van der Waals surface area contributed by atoms with Crippen LogP contribution in [0, 0.1) is 20.8 Å². The summed E-state index contributed by atoms with van der Waals surface area (Å²) in [4.78, 5) is 0. The summed E-state index contributed by atoms with van der Waals surface area (Å²) in [7, 11) is 0. The van der Waals surface area contributed by atoms with Gasteiger partial charge < -0.3 is 4.57 Å². The molecule has 0 saturated carbocycles. The van der Waals surface area contributed by atoms with Gasteiger partial charge >= 0.3 is 0 Å². The summed E-state index contributed by atoms with van der Waals surface area (Å²) < 4.78 is 2.36. The Labute approximate surface area is 343 Å². The molecule has 10 rings (SSSR count). The van der Waals surface area contributed by atoms with Crippen LogP contribution in [0.15, 0.2) is 231 Å². The average molecular weight is 746 g/mol. The highest BCUT2D eigenvalue weighted by Gasteiger charge is 2.13. The molecule has 58 heavy (non-hydrogen) atoms. The highest BCUT2D eigenvalue weighted by molar-refractivity contribution is 6.10. The van der Waals surface area contributed by atoms with Gasteiger partial charge in [-0.3, -0.25) is 0 Å². The van der Waals surface area contributed by atoms with Crippen LogP contribution in [-0.2, 0) is 0 Å². The Balaban J connectivity index is 0.000000148. The maximum Gasteiger partial charge on any atom is 0.0541 e. The SMILES string of the molecule is Cc1ccc(-c2cccc(-c3ccc4c(c3)c3ccccc3n4-c3ccccc3)c2)cc1.Cc1ccc(-c2ccccc2)cc1.Cc1ccc(-c2ccccc2)cc1. The first-order valence-corrected chi connectivity index (χ1v) is 20.0. The molecule has 0 radical (unpaired) electrons.